The Bertz CT molecular complexity index is 1220. The van der Waals surface area contributed by atoms with Crippen molar-refractivity contribution in [3.63, 3.8) is 0 Å². The summed E-state index contributed by atoms with van der Waals surface area (Å²) in [6, 6.07) is 9.36. The Morgan fingerprint density at radius 2 is 1.90 bits per heavy atom. The van der Waals surface area contributed by atoms with Crippen molar-refractivity contribution in [2.75, 3.05) is 12.0 Å². The van der Waals surface area contributed by atoms with E-state index in [1.807, 2.05) is 0 Å². The molecule has 1 atom stereocenters. The fourth-order valence-corrected chi connectivity index (χ4v) is 3.63. The van der Waals surface area contributed by atoms with E-state index in [1.54, 1.807) is 25.1 Å². The van der Waals surface area contributed by atoms with Crippen LogP contribution in [-0.4, -0.2) is 23.9 Å². The first kappa shape index (κ1) is 20.3. The number of nitrogens with zero attached hydrogens (tertiary/aromatic N) is 1. The molecular formula is C23H17F2NO5. The monoisotopic (exact) mass is 425 g/mol. The molecule has 1 fully saturated rings. The Labute approximate surface area is 176 Å². The predicted molar refractivity (Wildman–Crippen MR) is 108 cm³/mol. The molecular weight excluding hydrogens is 408 g/mol. The molecule has 0 aliphatic carbocycles. The second-order valence-corrected chi connectivity index (χ2v) is 6.98. The number of anilines is 1. The normalized spacial score (nSPS) is 17.9. The molecule has 3 aromatic rings. The Balaban J connectivity index is 1.98. The number of carbonyl (C=O) groups is 2. The van der Waals surface area contributed by atoms with Gasteiger partial charge in [0.25, 0.3) is 11.7 Å². The molecule has 0 radical (unpaired) electrons. The number of hydrogen-bond donors (Lipinski definition) is 1. The molecule has 2 aromatic carbocycles. The van der Waals surface area contributed by atoms with Crippen molar-refractivity contribution in [1.82, 2.24) is 0 Å². The van der Waals surface area contributed by atoms with Crippen molar-refractivity contribution in [1.29, 1.82) is 0 Å². The largest absolute Gasteiger partial charge is 0.507 e. The highest BCUT2D eigenvalue weighted by molar-refractivity contribution is 6.51. The lowest BCUT2D eigenvalue weighted by molar-refractivity contribution is -0.132. The van der Waals surface area contributed by atoms with Crippen LogP contribution in [0.25, 0.3) is 5.76 Å². The van der Waals surface area contributed by atoms with Gasteiger partial charge in [-0.15, -0.1) is 0 Å². The number of benzene rings is 2. The summed E-state index contributed by atoms with van der Waals surface area (Å²) < 4.78 is 38.7. The molecule has 1 N–H and O–H groups in total. The number of ketones is 1. The number of halogens is 2. The van der Waals surface area contributed by atoms with Crippen LogP contribution in [0.2, 0.25) is 0 Å². The van der Waals surface area contributed by atoms with Crippen LogP contribution in [-0.2, 0) is 9.59 Å². The zero-order chi connectivity index (χ0) is 22.3. The molecule has 0 saturated carbocycles. The fourth-order valence-electron chi connectivity index (χ4n) is 3.63. The molecule has 1 aliphatic heterocycles. The zero-order valence-corrected chi connectivity index (χ0v) is 16.6. The van der Waals surface area contributed by atoms with Gasteiger partial charge < -0.3 is 14.3 Å². The van der Waals surface area contributed by atoms with Gasteiger partial charge in [-0.05, 0) is 43.3 Å². The summed E-state index contributed by atoms with van der Waals surface area (Å²) in [5.41, 5.74) is 0.347. The first-order valence-electron chi connectivity index (χ1n) is 9.28. The molecule has 31 heavy (non-hydrogen) atoms. The van der Waals surface area contributed by atoms with Crippen LogP contribution in [0.5, 0.6) is 5.75 Å². The molecule has 1 aliphatic rings. The number of aryl methyl sites for hydroxylation is 1. The predicted octanol–water partition coefficient (Wildman–Crippen LogP) is 4.50. The van der Waals surface area contributed by atoms with Gasteiger partial charge in [-0.2, -0.15) is 0 Å². The number of methoxy groups -OCH3 is 1. The lowest BCUT2D eigenvalue weighted by Gasteiger charge is -2.24. The molecule has 6 nitrogen and oxygen atoms in total. The first-order valence-corrected chi connectivity index (χ1v) is 9.28. The Kier molecular flexibility index (Phi) is 5.06. The molecule has 2 heterocycles. The number of aliphatic hydroxyl groups excluding tert-OH is 1. The van der Waals surface area contributed by atoms with E-state index in [4.69, 9.17) is 9.15 Å². The lowest BCUT2D eigenvalue weighted by Crippen LogP contribution is -2.30. The van der Waals surface area contributed by atoms with Crippen LogP contribution in [0.15, 0.2) is 64.8 Å². The molecule has 1 saturated heterocycles. The van der Waals surface area contributed by atoms with Crippen LogP contribution >= 0.6 is 0 Å². The summed E-state index contributed by atoms with van der Waals surface area (Å²) in [5, 5.41) is 11.1. The highest BCUT2D eigenvalue weighted by Gasteiger charge is 2.49. The number of amides is 1. The minimum Gasteiger partial charge on any atom is -0.507 e. The van der Waals surface area contributed by atoms with Crippen LogP contribution in [0, 0.1) is 18.6 Å². The minimum absolute atomic E-state index is 0.121. The maximum absolute atomic E-state index is 14.6. The van der Waals surface area contributed by atoms with Gasteiger partial charge in [0.15, 0.2) is 0 Å². The number of ether oxygens (including phenoxy) is 1. The minimum atomic E-state index is -1.26. The SMILES string of the molecule is COc1ccc(C)cc1/C(O)=C1/C(=O)C(=O)N(c2ccc(F)cc2F)C1c1ccco1. The highest BCUT2D eigenvalue weighted by atomic mass is 19.1. The van der Waals surface area contributed by atoms with E-state index in [9.17, 15) is 23.5 Å². The van der Waals surface area contributed by atoms with E-state index >= 15 is 0 Å². The number of aliphatic hydroxyl groups is 1. The number of hydrogen-bond acceptors (Lipinski definition) is 5. The van der Waals surface area contributed by atoms with Crippen LogP contribution in [0.1, 0.15) is 22.9 Å². The fraction of sp³-hybridized carbons (Fsp3) is 0.130. The number of Topliss-reactive ketones (excluding diaryl/α,β-unsaturated/α-hetero) is 1. The van der Waals surface area contributed by atoms with E-state index < -0.39 is 35.1 Å². The van der Waals surface area contributed by atoms with E-state index in [0.29, 0.717) is 6.07 Å². The van der Waals surface area contributed by atoms with E-state index in [2.05, 4.69) is 0 Å². The van der Waals surface area contributed by atoms with Crippen LogP contribution in [0.3, 0.4) is 0 Å². The summed E-state index contributed by atoms with van der Waals surface area (Å²) in [6.45, 7) is 1.78. The molecule has 158 valence electrons. The molecule has 8 heteroatoms. The summed E-state index contributed by atoms with van der Waals surface area (Å²) in [4.78, 5) is 26.7. The maximum atomic E-state index is 14.6. The van der Waals surface area contributed by atoms with Gasteiger partial charge in [0.1, 0.15) is 34.9 Å². The topological polar surface area (TPSA) is 80.0 Å². The Morgan fingerprint density at radius 1 is 1.13 bits per heavy atom. The van der Waals surface area contributed by atoms with Crippen LogP contribution in [0.4, 0.5) is 14.5 Å². The van der Waals surface area contributed by atoms with Gasteiger partial charge >= 0.3 is 0 Å². The average molecular weight is 425 g/mol. The molecule has 1 aromatic heterocycles. The third kappa shape index (κ3) is 3.35. The second-order valence-electron chi connectivity index (χ2n) is 6.98. The van der Waals surface area contributed by atoms with Crippen molar-refractivity contribution in [3.05, 3.63) is 88.9 Å². The summed E-state index contributed by atoms with van der Waals surface area (Å²) in [7, 11) is 1.40. The van der Waals surface area contributed by atoms with Crippen molar-refractivity contribution >= 4 is 23.1 Å². The standard InChI is InChI=1S/C23H17F2NO5/c1-12-5-8-17(30-2)14(10-12)21(27)19-20(18-4-3-9-31-18)26(23(29)22(19)28)16-7-6-13(24)11-15(16)25/h3-11,20,27H,1-2H3/b21-19-. The molecule has 4 rings (SSSR count). The number of rotatable bonds is 4. The van der Waals surface area contributed by atoms with Gasteiger partial charge in [0, 0.05) is 6.07 Å². The molecule has 0 bridgehead atoms. The van der Waals surface area contributed by atoms with Gasteiger partial charge in [-0.3, -0.25) is 14.5 Å². The highest BCUT2D eigenvalue weighted by Crippen LogP contribution is 2.44. The third-order valence-corrected chi connectivity index (χ3v) is 5.04. The lowest BCUT2D eigenvalue weighted by atomic mass is 9.97. The average Bonchev–Trinajstić information content (AvgIpc) is 3.35. The van der Waals surface area contributed by atoms with Crippen molar-refractivity contribution < 1.29 is 32.6 Å². The van der Waals surface area contributed by atoms with Gasteiger partial charge in [-0.1, -0.05) is 11.6 Å². The molecule has 0 spiro atoms. The summed E-state index contributed by atoms with van der Waals surface area (Å²) in [5.74, 6) is -4.09. The van der Waals surface area contributed by atoms with Gasteiger partial charge in [0.2, 0.25) is 0 Å². The first-order chi connectivity index (χ1) is 14.8. The molecule has 1 unspecified atom stereocenters. The quantitative estimate of drug-likeness (QED) is 0.378. The Hall–Kier alpha value is -3.94. The van der Waals surface area contributed by atoms with E-state index in [-0.39, 0.29) is 28.3 Å². The Morgan fingerprint density at radius 3 is 2.55 bits per heavy atom. The van der Waals surface area contributed by atoms with Crippen molar-refractivity contribution in [2.24, 2.45) is 0 Å². The van der Waals surface area contributed by atoms with E-state index in [1.165, 1.54) is 25.5 Å². The zero-order valence-electron chi connectivity index (χ0n) is 16.6. The second kappa shape index (κ2) is 7.71. The van der Waals surface area contributed by atoms with Gasteiger partial charge in [-0.25, -0.2) is 8.78 Å². The summed E-state index contributed by atoms with van der Waals surface area (Å²) >= 11 is 0. The van der Waals surface area contributed by atoms with Gasteiger partial charge in [0.05, 0.1) is 30.2 Å². The smallest absolute Gasteiger partial charge is 0.300 e. The van der Waals surface area contributed by atoms with Crippen LogP contribution < -0.4 is 9.64 Å². The third-order valence-electron chi connectivity index (χ3n) is 5.04. The summed E-state index contributed by atoms with van der Waals surface area (Å²) in [6.07, 6.45) is 1.32. The number of carbonyl (C=O) groups excluding carboxylic acids is 2. The van der Waals surface area contributed by atoms with Crippen molar-refractivity contribution in [2.45, 2.75) is 13.0 Å². The maximum Gasteiger partial charge on any atom is 0.300 e. The number of furan rings is 1. The van der Waals surface area contributed by atoms with Crippen molar-refractivity contribution in [3.8, 4) is 5.75 Å². The molecule has 1 amide bonds. The van der Waals surface area contributed by atoms with E-state index in [0.717, 1.165) is 22.6 Å².